The quantitative estimate of drug-likeness (QED) is 0.813. The van der Waals surface area contributed by atoms with Gasteiger partial charge in [-0.3, -0.25) is 0 Å². The number of methoxy groups -OCH3 is 1. The second kappa shape index (κ2) is 5.54. The summed E-state index contributed by atoms with van der Waals surface area (Å²) < 4.78 is 34.8. The van der Waals surface area contributed by atoms with Gasteiger partial charge in [-0.25, -0.2) is 0 Å². The van der Waals surface area contributed by atoms with Crippen molar-refractivity contribution in [3.63, 3.8) is 0 Å². The molecule has 0 spiro atoms. The molecule has 0 saturated heterocycles. The van der Waals surface area contributed by atoms with Gasteiger partial charge in [0.15, 0.2) is 0 Å². The molecule has 0 aromatic heterocycles. The first kappa shape index (κ1) is 14.4. The largest absolute Gasteiger partial charge is 0.496 e. The van der Waals surface area contributed by atoms with Crippen LogP contribution in [-0.4, -0.2) is 15.5 Å². The molecule has 20 heavy (non-hydrogen) atoms. The summed E-state index contributed by atoms with van der Waals surface area (Å²) in [6.07, 6.45) is 0. The predicted octanol–water partition coefficient (Wildman–Crippen LogP) is 3.08. The minimum absolute atomic E-state index is 0.110. The number of para-hydroxylation sites is 1. The third kappa shape index (κ3) is 2.93. The van der Waals surface area contributed by atoms with Crippen molar-refractivity contribution < 1.29 is 17.3 Å². The first-order chi connectivity index (χ1) is 9.44. The van der Waals surface area contributed by atoms with E-state index in [0.717, 1.165) is 11.1 Å². The maximum atomic E-state index is 12.2. The molecule has 2 aromatic carbocycles. The van der Waals surface area contributed by atoms with Gasteiger partial charge in [0.05, 0.1) is 7.11 Å². The van der Waals surface area contributed by atoms with E-state index in [2.05, 4.69) is 0 Å². The van der Waals surface area contributed by atoms with Crippen molar-refractivity contribution in [3.8, 4) is 11.5 Å². The maximum absolute atomic E-state index is 12.2. The highest BCUT2D eigenvalue weighted by atomic mass is 32.2. The molecule has 0 atom stereocenters. The van der Waals surface area contributed by atoms with Gasteiger partial charge in [-0.1, -0.05) is 18.2 Å². The van der Waals surface area contributed by atoms with Crippen molar-refractivity contribution in [1.82, 2.24) is 0 Å². The first-order valence-electron chi connectivity index (χ1n) is 6.09. The molecule has 0 N–H and O–H groups in total. The zero-order valence-corrected chi connectivity index (χ0v) is 12.4. The van der Waals surface area contributed by atoms with E-state index >= 15 is 0 Å². The highest BCUT2D eigenvalue weighted by Gasteiger charge is 2.18. The summed E-state index contributed by atoms with van der Waals surface area (Å²) in [4.78, 5) is 0.110. The zero-order chi connectivity index (χ0) is 14.8. The van der Waals surface area contributed by atoms with Crippen molar-refractivity contribution in [2.24, 2.45) is 0 Å². The third-order valence-corrected chi connectivity index (χ3v) is 4.18. The standard InChI is InChI=1S/C15H16O4S/c1-11-6-4-5-7-15(11)19-20(16,17)13-8-9-14(18-3)12(2)10-13/h4-10H,1-3H3. The molecule has 0 radical (unpaired) electrons. The molecular weight excluding hydrogens is 276 g/mol. The Balaban J connectivity index is 2.36. The predicted molar refractivity (Wildman–Crippen MR) is 76.7 cm³/mol. The lowest BCUT2D eigenvalue weighted by Gasteiger charge is -2.11. The molecule has 0 saturated carbocycles. The van der Waals surface area contributed by atoms with Gasteiger partial charge in [-0.05, 0) is 49.2 Å². The molecule has 0 bridgehead atoms. The molecule has 0 amide bonds. The van der Waals surface area contributed by atoms with Crippen LogP contribution >= 0.6 is 0 Å². The maximum Gasteiger partial charge on any atom is 0.339 e. The van der Waals surface area contributed by atoms with Gasteiger partial charge in [0.2, 0.25) is 0 Å². The molecule has 106 valence electrons. The molecular formula is C15H16O4S. The fourth-order valence-corrected chi connectivity index (χ4v) is 2.90. The lowest BCUT2D eigenvalue weighted by atomic mass is 10.2. The van der Waals surface area contributed by atoms with Crippen LogP contribution in [0, 0.1) is 13.8 Å². The molecule has 2 aromatic rings. The Labute approximate surface area is 119 Å². The topological polar surface area (TPSA) is 52.6 Å². The lowest BCUT2D eigenvalue weighted by Crippen LogP contribution is -2.10. The number of rotatable bonds is 4. The fourth-order valence-electron chi connectivity index (χ4n) is 1.82. The van der Waals surface area contributed by atoms with Gasteiger partial charge < -0.3 is 8.92 Å². The van der Waals surface area contributed by atoms with E-state index in [1.54, 1.807) is 45.2 Å². The number of aryl methyl sites for hydroxylation is 2. The van der Waals surface area contributed by atoms with Gasteiger partial charge in [-0.2, -0.15) is 8.42 Å². The van der Waals surface area contributed by atoms with Gasteiger partial charge in [-0.15, -0.1) is 0 Å². The third-order valence-electron chi connectivity index (χ3n) is 2.95. The summed E-state index contributed by atoms with van der Waals surface area (Å²) in [7, 11) is -2.30. The average Bonchev–Trinajstić information content (AvgIpc) is 2.41. The van der Waals surface area contributed by atoms with E-state index in [0.29, 0.717) is 11.5 Å². The highest BCUT2D eigenvalue weighted by Crippen LogP contribution is 2.25. The van der Waals surface area contributed by atoms with Gasteiger partial charge >= 0.3 is 10.1 Å². The van der Waals surface area contributed by atoms with E-state index in [4.69, 9.17) is 8.92 Å². The van der Waals surface area contributed by atoms with E-state index < -0.39 is 10.1 Å². The second-order valence-corrected chi connectivity index (χ2v) is 5.98. The SMILES string of the molecule is COc1ccc(S(=O)(=O)Oc2ccccc2C)cc1C. The Kier molecular flexibility index (Phi) is 3.99. The van der Waals surface area contributed by atoms with Gasteiger partial charge in [0.25, 0.3) is 0 Å². The minimum Gasteiger partial charge on any atom is -0.496 e. The Hall–Kier alpha value is -2.01. The van der Waals surface area contributed by atoms with Crippen molar-refractivity contribution in [3.05, 3.63) is 53.6 Å². The fraction of sp³-hybridized carbons (Fsp3) is 0.200. The van der Waals surface area contributed by atoms with Gasteiger partial charge in [0, 0.05) is 0 Å². The molecule has 5 heteroatoms. The molecule has 0 heterocycles. The normalized spacial score (nSPS) is 11.2. The smallest absolute Gasteiger partial charge is 0.339 e. The summed E-state index contributed by atoms with van der Waals surface area (Å²) in [5, 5.41) is 0. The number of hydrogen-bond acceptors (Lipinski definition) is 4. The molecule has 0 aliphatic heterocycles. The summed E-state index contributed by atoms with van der Waals surface area (Å²) >= 11 is 0. The number of benzene rings is 2. The van der Waals surface area contributed by atoms with Crippen LogP contribution in [0.1, 0.15) is 11.1 Å². The molecule has 2 rings (SSSR count). The van der Waals surface area contributed by atoms with Crippen LogP contribution in [0.25, 0.3) is 0 Å². The first-order valence-corrected chi connectivity index (χ1v) is 7.49. The summed E-state index contributed by atoms with van der Waals surface area (Å²) in [5.74, 6) is 0.973. The Morgan fingerprint density at radius 2 is 1.60 bits per heavy atom. The van der Waals surface area contributed by atoms with Gasteiger partial charge in [0.1, 0.15) is 16.4 Å². The van der Waals surface area contributed by atoms with Crippen molar-refractivity contribution in [2.75, 3.05) is 7.11 Å². The van der Waals surface area contributed by atoms with Crippen molar-refractivity contribution in [1.29, 1.82) is 0 Å². The monoisotopic (exact) mass is 292 g/mol. The van der Waals surface area contributed by atoms with Crippen LogP contribution < -0.4 is 8.92 Å². The number of ether oxygens (including phenoxy) is 1. The van der Waals surface area contributed by atoms with Crippen LogP contribution in [0.2, 0.25) is 0 Å². The molecule has 4 nitrogen and oxygen atoms in total. The molecule has 0 aliphatic rings. The highest BCUT2D eigenvalue weighted by molar-refractivity contribution is 7.87. The van der Waals surface area contributed by atoms with Crippen LogP contribution in [0.5, 0.6) is 11.5 Å². The minimum atomic E-state index is -3.84. The second-order valence-electron chi connectivity index (χ2n) is 4.43. The Bertz CT molecular complexity index is 720. The van der Waals surface area contributed by atoms with E-state index in [9.17, 15) is 8.42 Å². The molecule has 0 aliphatic carbocycles. The van der Waals surface area contributed by atoms with Crippen LogP contribution in [-0.2, 0) is 10.1 Å². The van der Waals surface area contributed by atoms with E-state index in [1.807, 2.05) is 6.07 Å². The van der Waals surface area contributed by atoms with Crippen LogP contribution in [0.4, 0.5) is 0 Å². The van der Waals surface area contributed by atoms with E-state index in [-0.39, 0.29) is 4.90 Å². The summed E-state index contributed by atoms with van der Waals surface area (Å²) in [5.41, 5.74) is 1.50. The Morgan fingerprint density at radius 3 is 2.20 bits per heavy atom. The Morgan fingerprint density at radius 1 is 0.900 bits per heavy atom. The summed E-state index contributed by atoms with van der Waals surface area (Å²) in [6.45, 7) is 3.58. The average molecular weight is 292 g/mol. The number of hydrogen-bond donors (Lipinski definition) is 0. The van der Waals surface area contributed by atoms with Crippen LogP contribution in [0.3, 0.4) is 0 Å². The van der Waals surface area contributed by atoms with Crippen molar-refractivity contribution in [2.45, 2.75) is 18.7 Å². The van der Waals surface area contributed by atoms with E-state index in [1.165, 1.54) is 12.1 Å². The molecule has 0 unspecified atom stereocenters. The van der Waals surface area contributed by atoms with Crippen molar-refractivity contribution >= 4 is 10.1 Å². The lowest BCUT2D eigenvalue weighted by molar-refractivity contribution is 0.411. The summed E-state index contributed by atoms with van der Waals surface area (Å²) in [6, 6.07) is 11.6. The zero-order valence-electron chi connectivity index (χ0n) is 11.6. The van der Waals surface area contributed by atoms with Crippen LogP contribution in [0.15, 0.2) is 47.4 Å². The molecule has 0 fully saturated rings.